The SMILES string of the molecule is CCC(CC)N(C)Cc1ccc(Cl)nc1Cl. The molecular formula is C12H18Cl2N2. The van der Waals surface area contributed by atoms with Crippen molar-refractivity contribution in [3.63, 3.8) is 0 Å². The zero-order valence-electron chi connectivity index (χ0n) is 10.0. The minimum atomic E-state index is 0.443. The Balaban J connectivity index is 2.72. The number of hydrogen-bond donors (Lipinski definition) is 0. The molecule has 0 saturated carbocycles. The van der Waals surface area contributed by atoms with Crippen molar-refractivity contribution in [3.8, 4) is 0 Å². The largest absolute Gasteiger partial charge is 0.299 e. The maximum absolute atomic E-state index is 6.04. The van der Waals surface area contributed by atoms with Crippen molar-refractivity contribution in [1.82, 2.24) is 9.88 Å². The first-order valence-electron chi connectivity index (χ1n) is 5.59. The van der Waals surface area contributed by atoms with E-state index in [0.29, 0.717) is 16.3 Å². The van der Waals surface area contributed by atoms with Gasteiger partial charge in [-0.25, -0.2) is 4.98 Å². The summed E-state index contributed by atoms with van der Waals surface area (Å²) in [5.41, 5.74) is 1.03. The maximum atomic E-state index is 6.04. The van der Waals surface area contributed by atoms with E-state index in [-0.39, 0.29) is 0 Å². The van der Waals surface area contributed by atoms with E-state index in [1.165, 1.54) is 0 Å². The first kappa shape index (κ1) is 13.8. The normalized spacial score (nSPS) is 11.4. The van der Waals surface area contributed by atoms with Gasteiger partial charge < -0.3 is 0 Å². The van der Waals surface area contributed by atoms with Crippen LogP contribution in [-0.4, -0.2) is 23.0 Å². The summed E-state index contributed by atoms with van der Waals surface area (Å²) in [4.78, 5) is 6.34. The fraction of sp³-hybridized carbons (Fsp3) is 0.583. The van der Waals surface area contributed by atoms with Gasteiger partial charge in [-0.1, -0.05) is 43.1 Å². The molecule has 0 N–H and O–H groups in total. The Bertz CT molecular complexity index is 338. The minimum absolute atomic E-state index is 0.443. The summed E-state index contributed by atoms with van der Waals surface area (Å²) in [7, 11) is 2.11. The van der Waals surface area contributed by atoms with Gasteiger partial charge in [-0.3, -0.25) is 4.90 Å². The van der Waals surface area contributed by atoms with E-state index >= 15 is 0 Å². The number of hydrogen-bond acceptors (Lipinski definition) is 2. The summed E-state index contributed by atoms with van der Waals surface area (Å²) in [6.45, 7) is 5.22. The van der Waals surface area contributed by atoms with E-state index in [9.17, 15) is 0 Å². The molecule has 0 saturated heterocycles. The molecule has 0 aliphatic carbocycles. The van der Waals surface area contributed by atoms with Crippen LogP contribution >= 0.6 is 23.2 Å². The Labute approximate surface area is 108 Å². The van der Waals surface area contributed by atoms with Crippen molar-refractivity contribution >= 4 is 23.2 Å². The van der Waals surface area contributed by atoms with Crippen molar-refractivity contribution in [1.29, 1.82) is 0 Å². The lowest BCUT2D eigenvalue weighted by Crippen LogP contribution is -2.30. The lowest BCUT2D eigenvalue weighted by Gasteiger charge is -2.26. The first-order valence-corrected chi connectivity index (χ1v) is 6.35. The van der Waals surface area contributed by atoms with Crippen LogP contribution in [0.1, 0.15) is 32.3 Å². The van der Waals surface area contributed by atoms with Gasteiger partial charge in [-0.2, -0.15) is 0 Å². The zero-order valence-corrected chi connectivity index (χ0v) is 11.5. The molecule has 0 spiro atoms. The van der Waals surface area contributed by atoms with Gasteiger partial charge in [0, 0.05) is 18.2 Å². The van der Waals surface area contributed by atoms with Gasteiger partial charge in [-0.05, 0) is 26.0 Å². The number of aromatic nitrogens is 1. The predicted octanol–water partition coefficient (Wildman–Crippen LogP) is 4.01. The van der Waals surface area contributed by atoms with Crippen molar-refractivity contribution in [2.75, 3.05) is 7.05 Å². The Kier molecular flexibility index (Phi) is 5.53. The van der Waals surface area contributed by atoms with Gasteiger partial charge in [0.05, 0.1) is 0 Å². The van der Waals surface area contributed by atoms with Gasteiger partial charge in [-0.15, -0.1) is 0 Å². The van der Waals surface area contributed by atoms with Crippen molar-refractivity contribution in [2.45, 2.75) is 39.3 Å². The molecule has 0 radical (unpaired) electrons. The van der Waals surface area contributed by atoms with Gasteiger partial charge in [0.15, 0.2) is 0 Å². The van der Waals surface area contributed by atoms with Crippen LogP contribution in [0, 0.1) is 0 Å². The molecule has 0 aromatic carbocycles. The molecule has 0 atom stereocenters. The van der Waals surface area contributed by atoms with E-state index in [1.807, 2.05) is 6.07 Å². The zero-order chi connectivity index (χ0) is 12.1. The van der Waals surface area contributed by atoms with E-state index in [2.05, 4.69) is 30.8 Å². The molecule has 1 rings (SSSR count). The molecule has 0 unspecified atom stereocenters. The van der Waals surface area contributed by atoms with E-state index in [0.717, 1.165) is 24.9 Å². The highest BCUT2D eigenvalue weighted by Crippen LogP contribution is 2.19. The Morgan fingerprint density at radius 3 is 2.38 bits per heavy atom. The Hall–Kier alpha value is -0.310. The Morgan fingerprint density at radius 2 is 1.88 bits per heavy atom. The van der Waals surface area contributed by atoms with Crippen molar-refractivity contribution < 1.29 is 0 Å². The van der Waals surface area contributed by atoms with Crippen LogP contribution in [0.3, 0.4) is 0 Å². The first-order chi connectivity index (χ1) is 7.58. The van der Waals surface area contributed by atoms with Crippen LogP contribution in [0.4, 0.5) is 0 Å². The van der Waals surface area contributed by atoms with Gasteiger partial charge >= 0.3 is 0 Å². The van der Waals surface area contributed by atoms with Crippen LogP contribution in [0.2, 0.25) is 10.3 Å². The maximum Gasteiger partial charge on any atom is 0.135 e. The molecule has 2 nitrogen and oxygen atoms in total. The smallest absolute Gasteiger partial charge is 0.135 e. The third kappa shape index (κ3) is 3.62. The van der Waals surface area contributed by atoms with Gasteiger partial charge in [0.1, 0.15) is 10.3 Å². The number of halogens is 2. The lowest BCUT2D eigenvalue weighted by atomic mass is 10.1. The van der Waals surface area contributed by atoms with E-state index < -0.39 is 0 Å². The van der Waals surface area contributed by atoms with Crippen LogP contribution in [-0.2, 0) is 6.54 Å². The number of pyridine rings is 1. The second-order valence-electron chi connectivity index (χ2n) is 3.97. The molecule has 1 aromatic heterocycles. The predicted molar refractivity (Wildman–Crippen MR) is 70.1 cm³/mol. The van der Waals surface area contributed by atoms with Crippen LogP contribution in [0.25, 0.3) is 0 Å². The molecule has 0 aliphatic heterocycles. The van der Waals surface area contributed by atoms with Crippen LogP contribution in [0.15, 0.2) is 12.1 Å². The second-order valence-corrected chi connectivity index (χ2v) is 4.71. The third-order valence-electron chi connectivity index (χ3n) is 2.88. The molecule has 0 fully saturated rings. The fourth-order valence-electron chi connectivity index (χ4n) is 1.87. The summed E-state index contributed by atoms with van der Waals surface area (Å²) in [6, 6.07) is 4.31. The average molecular weight is 261 g/mol. The topological polar surface area (TPSA) is 16.1 Å². The molecule has 4 heteroatoms. The van der Waals surface area contributed by atoms with Crippen LogP contribution < -0.4 is 0 Å². The van der Waals surface area contributed by atoms with Crippen molar-refractivity contribution in [2.24, 2.45) is 0 Å². The molecule has 1 heterocycles. The Morgan fingerprint density at radius 1 is 1.25 bits per heavy atom. The average Bonchev–Trinajstić information content (AvgIpc) is 2.24. The number of nitrogens with zero attached hydrogens (tertiary/aromatic N) is 2. The molecule has 90 valence electrons. The monoisotopic (exact) mass is 260 g/mol. The summed E-state index contributed by atoms with van der Waals surface area (Å²) >= 11 is 11.8. The highest BCUT2D eigenvalue weighted by molar-refractivity contribution is 6.32. The fourth-order valence-corrected chi connectivity index (χ4v) is 2.27. The summed E-state index contributed by atoms with van der Waals surface area (Å²) in [5.74, 6) is 0. The summed E-state index contributed by atoms with van der Waals surface area (Å²) in [6.07, 6.45) is 2.29. The van der Waals surface area contributed by atoms with E-state index in [4.69, 9.17) is 23.2 Å². The van der Waals surface area contributed by atoms with Crippen molar-refractivity contribution in [3.05, 3.63) is 28.0 Å². The molecule has 1 aromatic rings. The molecular weight excluding hydrogens is 243 g/mol. The van der Waals surface area contributed by atoms with Gasteiger partial charge in [0.2, 0.25) is 0 Å². The second kappa shape index (κ2) is 6.43. The third-order valence-corrected chi connectivity index (χ3v) is 3.42. The minimum Gasteiger partial charge on any atom is -0.299 e. The lowest BCUT2D eigenvalue weighted by molar-refractivity contribution is 0.221. The molecule has 0 bridgehead atoms. The quantitative estimate of drug-likeness (QED) is 0.744. The molecule has 0 amide bonds. The van der Waals surface area contributed by atoms with E-state index in [1.54, 1.807) is 6.07 Å². The number of rotatable bonds is 5. The summed E-state index contributed by atoms with van der Waals surface area (Å²) < 4.78 is 0. The highest BCUT2D eigenvalue weighted by Gasteiger charge is 2.12. The standard InChI is InChI=1S/C12H18Cl2N2/c1-4-10(5-2)16(3)8-9-6-7-11(13)15-12(9)14/h6-7,10H,4-5,8H2,1-3H3. The van der Waals surface area contributed by atoms with Gasteiger partial charge in [0.25, 0.3) is 0 Å². The molecule has 16 heavy (non-hydrogen) atoms. The highest BCUT2D eigenvalue weighted by atomic mass is 35.5. The van der Waals surface area contributed by atoms with Crippen LogP contribution in [0.5, 0.6) is 0 Å². The molecule has 0 aliphatic rings. The summed E-state index contributed by atoms with van der Waals surface area (Å²) in [5, 5.41) is 0.948.